The summed E-state index contributed by atoms with van der Waals surface area (Å²) in [6, 6.07) is 6.78. The fourth-order valence-corrected chi connectivity index (χ4v) is 1.71. The molecule has 0 saturated heterocycles. The quantitative estimate of drug-likeness (QED) is 0.868. The van der Waals surface area contributed by atoms with Crippen LogP contribution in [0.1, 0.15) is 5.82 Å². The molecule has 0 aliphatic carbocycles. The Balaban J connectivity index is 2.10. The van der Waals surface area contributed by atoms with Gasteiger partial charge in [0.05, 0.1) is 0 Å². The van der Waals surface area contributed by atoms with Gasteiger partial charge in [-0.1, -0.05) is 11.6 Å². The molecular weight excluding hydrogens is 295 g/mol. The van der Waals surface area contributed by atoms with Crippen LogP contribution in [0.25, 0.3) is 0 Å². The molecule has 0 amide bonds. The molecule has 0 bridgehead atoms. The Bertz CT molecular complexity index is 582. The van der Waals surface area contributed by atoms with Gasteiger partial charge in [0.1, 0.15) is 22.5 Å². The number of ether oxygens (including phenoxy) is 1. The molecule has 2 rings (SSSR count). The van der Waals surface area contributed by atoms with Crippen LogP contribution < -0.4 is 10.1 Å². The number of halogens is 4. The summed E-state index contributed by atoms with van der Waals surface area (Å²) in [7, 11) is 0. The monoisotopic (exact) mass is 303 g/mol. The van der Waals surface area contributed by atoms with Gasteiger partial charge in [0.2, 0.25) is 0 Å². The zero-order valence-electron chi connectivity index (χ0n) is 10.2. The van der Waals surface area contributed by atoms with E-state index in [0.717, 1.165) is 0 Å². The van der Waals surface area contributed by atoms with E-state index in [0.29, 0.717) is 17.3 Å². The molecule has 0 saturated carbocycles. The van der Waals surface area contributed by atoms with Gasteiger partial charge < -0.3 is 10.1 Å². The van der Waals surface area contributed by atoms with E-state index in [9.17, 15) is 13.2 Å². The molecule has 1 aromatic heterocycles. The topological polar surface area (TPSA) is 47.0 Å². The Kier molecular flexibility index (Phi) is 3.99. The smallest absolute Gasteiger partial charge is 0.406 e. The van der Waals surface area contributed by atoms with Gasteiger partial charge in [0.25, 0.3) is 0 Å². The van der Waals surface area contributed by atoms with Crippen LogP contribution in [0.4, 0.5) is 24.7 Å². The minimum absolute atomic E-state index is 0.275. The third-order valence-corrected chi connectivity index (χ3v) is 2.36. The van der Waals surface area contributed by atoms with Gasteiger partial charge >= 0.3 is 6.36 Å². The Morgan fingerprint density at radius 1 is 1.15 bits per heavy atom. The summed E-state index contributed by atoms with van der Waals surface area (Å²) in [5.74, 6) is 0.643. The predicted octanol–water partition coefficient (Wildman–Crippen LogP) is 4.08. The molecule has 0 aliphatic heterocycles. The van der Waals surface area contributed by atoms with Crippen LogP contribution in [0.15, 0.2) is 30.3 Å². The van der Waals surface area contributed by atoms with Crippen LogP contribution >= 0.6 is 11.6 Å². The highest BCUT2D eigenvalue weighted by Crippen LogP contribution is 2.25. The van der Waals surface area contributed by atoms with Crippen molar-refractivity contribution in [2.45, 2.75) is 13.3 Å². The lowest BCUT2D eigenvalue weighted by molar-refractivity contribution is -0.274. The van der Waals surface area contributed by atoms with Crippen molar-refractivity contribution in [2.24, 2.45) is 0 Å². The second-order valence-corrected chi connectivity index (χ2v) is 4.21. The van der Waals surface area contributed by atoms with Crippen molar-refractivity contribution >= 4 is 23.1 Å². The van der Waals surface area contributed by atoms with Gasteiger partial charge in [-0.25, -0.2) is 9.97 Å². The molecule has 0 fully saturated rings. The summed E-state index contributed by atoms with van der Waals surface area (Å²) < 4.78 is 39.8. The lowest BCUT2D eigenvalue weighted by Crippen LogP contribution is -2.16. The molecule has 106 valence electrons. The van der Waals surface area contributed by atoms with E-state index in [1.165, 1.54) is 30.3 Å². The van der Waals surface area contributed by atoms with Gasteiger partial charge in [0.15, 0.2) is 0 Å². The third-order valence-electron chi connectivity index (χ3n) is 2.17. The summed E-state index contributed by atoms with van der Waals surface area (Å²) in [5.41, 5.74) is 0.550. The van der Waals surface area contributed by atoms with Gasteiger partial charge in [0, 0.05) is 11.8 Å². The van der Waals surface area contributed by atoms with Crippen molar-refractivity contribution < 1.29 is 17.9 Å². The summed E-state index contributed by atoms with van der Waals surface area (Å²) in [6.07, 6.45) is -4.70. The first-order valence-electron chi connectivity index (χ1n) is 5.46. The number of alkyl halides is 3. The number of nitrogens with zero attached hydrogens (tertiary/aromatic N) is 2. The molecule has 2 aromatic rings. The minimum atomic E-state index is -4.70. The van der Waals surface area contributed by atoms with Crippen molar-refractivity contribution in [2.75, 3.05) is 5.32 Å². The average molecular weight is 304 g/mol. The first-order valence-corrected chi connectivity index (χ1v) is 5.84. The number of rotatable bonds is 3. The third kappa shape index (κ3) is 4.27. The molecule has 0 unspecified atom stereocenters. The van der Waals surface area contributed by atoms with Gasteiger partial charge in [-0.15, -0.1) is 13.2 Å². The van der Waals surface area contributed by atoms with Crippen LogP contribution in [0.2, 0.25) is 5.15 Å². The van der Waals surface area contributed by atoms with Gasteiger partial charge in [-0.3, -0.25) is 0 Å². The predicted molar refractivity (Wildman–Crippen MR) is 68.2 cm³/mol. The maximum atomic E-state index is 12.0. The first kappa shape index (κ1) is 14.4. The normalized spacial score (nSPS) is 11.2. The second-order valence-electron chi connectivity index (χ2n) is 3.82. The number of aromatic nitrogens is 2. The Morgan fingerprint density at radius 2 is 1.80 bits per heavy atom. The van der Waals surface area contributed by atoms with Crippen molar-refractivity contribution in [3.8, 4) is 5.75 Å². The highest BCUT2D eigenvalue weighted by Gasteiger charge is 2.30. The van der Waals surface area contributed by atoms with E-state index in [1.54, 1.807) is 6.92 Å². The molecule has 1 aromatic carbocycles. The SMILES string of the molecule is Cc1nc(Cl)cc(Nc2ccc(OC(F)(F)F)cc2)n1. The summed E-state index contributed by atoms with van der Waals surface area (Å²) >= 11 is 5.78. The summed E-state index contributed by atoms with van der Waals surface area (Å²) in [5, 5.41) is 3.18. The number of anilines is 2. The van der Waals surface area contributed by atoms with Crippen molar-refractivity contribution in [1.29, 1.82) is 0 Å². The first-order chi connectivity index (χ1) is 9.32. The summed E-state index contributed by atoms with van der Waals surface area (Å²) in [6.45, 7) is 1.68. The van der Waals surface area contributed by atoms with Crippen molar-refractivity contribution in [1.82, 2.24) is 9.97 Å². The van der Waals surface area contributed by atoms with E-state index in [-0.39, 0.29) is 10.9 Å². The lowest BCUT2D eigenvalue weighted by atomic mass is 10.3. The Labute approximate surface area is 117 Å². The zero-order valence-corrected chi connectivity index (χ0v) is 11.0. The van der Waals surface area contributed by atoms with Crippen LogP contribution in [-0.2, 0) is 0 Å². The standard InChI is InChI=1S/C12H9ClF3N3O/c1-7-17-10(13)6-11(18-7)19-8-2-4-9(5-3-8)20-12(14,15)16/h2-6H,1H3,(H,17,18,19). The number of benzene rings is 1. The fraction of sp³-hybridized carbons (Fsp3) is 0.167. The highest BCUT2D eigenvalue weighted by molar-refractivity contribution is 6.29. The second kappa shape index (κ2) is 5.54. The molecule has 1 N–H and O–H groups in total. The molecular formula is C12H9ClF3N3O. The molecule has 4 nitrogen and oxygen atoms in total. The van der Waals surface area contributed by atoms with E-state index in [4.69, 9.17) is 11.6 Å². The Hall–Kier alpha value is -2.02. The zero-order chi connectivity index (χ0) is 14.8. The molecule has 1 heterocycles. The highest BCUT2D eigenvalue weighted by atomic mass is 35.5. The van der Waals surface area contributed by atoms with E-state index in [1.807, 2.05) is 0 Å². The molecule has 0 radical (unpaired) electrons. The van der Waals surface area contributed by atoms with Crippen LogP contribution in [0.5, 0.6) is 5.75 Å². The van der Waals surface area contributed by atoms with Crippen LogP contribution in [0, 0.1) is 6.92 Å². The number of hydrogen-bond donors (Lipinski definition) is 1. The van der Waals surface area contributed by atoms with E-state index >= 15 is 0 Å². The molecule has 0 atom stereocenters. The van der Waals surface area contributed by atoms with Crippen LogP contribution in [0.3, 0.4) is 0 Å². The van der Waals surface area contributed by atoms with Gasteiger partial charge in [-0.05, 0) is 31.2 Å². The van der Waals surface area contributed by atoms with Crippen molar-refractivity contribution in [3.05, 3.63) is 41.3 Å². The number of nitrogens with one attached hydrogen (secondary N) is 1. The minimum Gasteiger partial charge on any atom is -0.406 e. The van der Waals surface area contributed by atoms with Crippen molar-refractivity contribution in [3.63, 3.8) is 0 Å². The molecule has 0 spiro atoms. The molecule has 0 aliphatic rings. The number of hydrogen-bond acceptors (Lipinski definition) is 4. The summed E-state index contributed by atoms with van der Waals surface area (Å²) in [4.78, 5) is 7.99. The average Bonchev–Trinajstić information content (AvgIpc) is 2.28. The number of aryl methyl sites for hydroxylation is 1. The maximum Gasteiger partial charge on any atom is 0.573 e. The van der Waals surface area contributed by atoms with Gasteiger partial charge in [-0.2, -0.15) is 0 Å². The Morgan fingerprint density at radius 3 is 2.35 bits per heavy atom. The molecule has 8 heteroatoms. The van der Waals surface area contributed by atoms with Crippen LogP contribution in [-0.4, -0.2) is 16.3 Å². The largest absolute Gasteiger partial charge is 0.573 e. The van der Waals surface area contributed by atoms with E-state index < -0.39 is 6.36 Å². The van der Waals surface area contributed by atoms with E-state index in [2.05, 4.69) is 20.0 Å². The maximum absolute atomic E-state index is 12.0. The lowest BCUT2D eigenvalue weighted by Gasteiger charge is -2.10. The fourth-order valence-electron chi connectivity index (χ4n) is 1.48. The molecule has 20 heavy (non-hydrogen) atoms.